The second-order valence-corrected chi connectivity index (χ2v) is 4.89. The van der Waals surface area contributed by atoms with Gasteiger partial charge in [-0.05, 0) is 18.9 Å². The quantitative estimate of drug-likeness (QED) is 0.778. The maximum Gasteiger partial charge on any atom is 0.409 e. The Morgan fingerprint density at radius 2 is 2.06 bits per heavy atom. The van der Waals surface area contributed by atoms with Gasteiger partial charge in [0.2, 0.25) is 0 Å². The molecule has 1 aromatic rings. The summed E-state index contributed by atoms with van der Waals surface area (Å²) in [5.41, 5.74) is 1.23. The molecule has 1 amide bonds. The van der Waals surface area contributed by atoms with Crippen LogP contribution in [0.25, 0.3) is 0 Å². The largest absolute Gasteiger partial charge is 0.450 e. The highest BCUT2D eigenvalue weighted by molar-refractivity contribution is 9.09. The van der Waals surface area contributed by atoms with Gasteiger partial charge in [0.05, 0.1) is 6.61 Å². The number of hydrogen-bond acceptors (Lipinski definition) is 2. The normalized spacial score (nSPS) is 11.9. The summed E-state index contributed by atoms with van der Waals surface area (Å²) in [5, 5.41) is 0. The van der Waals surface area contributed by atoms with Gasteiger partial charge < -0.3 is 9.64 Å². The van der Waals surface area contributed by atoms with Crippen LogP contribution in [0.2, 0.25) is 0 Å². The molecule has 0 aromatic heterocycles. The fraction of sp³-hybridized carbons (Fsp3) is 0.462. The average molecular weight is 300 g/mol. The molecule has 1 unspecified atom stereocenters. The van der Waals surface area contributed by atoms with E-state index in [9.17, 15) is 4.79 Å². The van der Waals surface area contributed by atoms with Crippen molar-refractivity contribution in [2.75, 3.05) is 20.2 Å². The number of benzene rings is 1. The minimum Gasteiger partial charge on any atom is -0.450 e. The van der Waals surface area contributed by atoms with Crippen molar-refractivity contribution in [2.45, 2.75) is 18.2 Å². The van der Waals surface area contributed by atoms with E-state index >= 15 is 0 Å². The molecule has 0 aliphatic rings. The van der Waals surface area contributed by atoms with E-state index in [1.165, 1.54) is 5.56 Å². The van der Waals surface area contributed by atoms with Gasteiger partial charge in [-0.25, -0.2) is 4.79 Å². The number of nitrogens with zero attached hydrogens (tertiary/aromatic N) is 1. The summed E-state index contributed by atoms with van der Waals surface area (Å²) in [6, 6.07) is 10.2. The molecule has 3 nitrogen and oxygen atoms in total. The lowest BCUT2D eigenvalue weighted by Crippen LogP contribution is -2.28. The third-order valence-corrected chi connectivity index (χ3v) is 3.45. The molecule has 1 rings (SSSR count). The molecule has 0 spiro atoms. The predicted molar refractivity (Wildman–Crippen MR) is 72.4 cm³/mol. The number of rotatable bonds is 5. The van der Waals surface area contributed by atoms with Crippen molar-refractivity contribution in [3.63, 3.8) is 0 Å². The van der Waals surface area contributed by atoms with E-state index in [0.29, 0.717) is 13.2 Å². The van der Waals surface area contributed by atoms with Crippen molar-refractivity contribution in [1.29, 1.82) is 0 Å². The van der Waals surface area contributed by atoms with Crippen LogP contribution in [0, 0.1) is 0 Å². The van der Waals surface area contributed by atoms with Gasteiger partial charge in [-0.1, -0.05) is 46.3 Å². The number of carbonyl (C=O) groups excluding carboxylic acids is 1. The van der Waals surface area contributed by atoms with Gasteiger partial charge >= 0.3 is 6.09 Å². The molecule has 0 radical (unpaired) electrons. The predicted octanol–water partition coefficient (Wildman–Crippen LogP) is 3.60. The maximum atomic E-state index is 11.4. The van der Waals surface area contributed by atoms with Crippen LogP contribution >= 0.6 is 15.9 Å². The maximum absolute atomic E-state index is 11.4. The lowest BCUT2D eigenvalue weighted by atomic mass is 10.1. The molecule has 1 atom stereocenters. The Hall–Kier alpha value is -1.03. The molecule has 0 aliphatic heterocycles. The molecular formula is C13H18BrNO2. The van der Waals surface area contributed by atoms with Crippen LogP contribution in [0.4, 0.5) is 4.79 Å². The number of carbonyl (C=O) groups is 1. The topological polar surface area (TPSA) is 29.5 Å². The van der Waals surface area contributed by atoms with E-state index in [4.69, 9.17) is 4.74 Å². The second kappa shape index (κ2) is 7.33. The molecule has 0 aliphatic carbocycles. The van der Waals surface area contributed by atoms with Crippen LogP contribution in [-0.4, -0.2) is 31.2 Å². The fourth-order valence-corrected chi connectivity index (χ4v) is 1.97. The first-order valence-electron chi connectivity index (χ1n) is 5.72. The van der Waals surface area contributed by atoms with Gasteiger partial charge in [0, 0.05) is 18.4 Å². The molecule has 0 fully saturated rings. The summed E-state index contributed by atoms with van der Waals surface area (Å²) in [4.78, 5) is 13.2. The first-order chi connectivity index (χ1) is 8.15. The molecular weight excluding hydrogens is 282 g/mol. The molecule has 0 bridgehead atoms. The Kier molecular flexibility index (Phi) is 6.05. The fourth-order valence-electron chi connectivity index (χ4n) is 1.46. The van der Waals surface area contributed by atoms with Crippen LogP contribution in [-0.2, 0) is 4.74 Å². The highest BCUT2D eigenvalue weighted by Crippen LogP contribution is 2.25. The van der Waals surface area contributed by atoms with Crippen LogP contribution < -0.4 is 0 Å². The Labute approximate surface area is 111 Å². The van der Waals surface area contributed by atoms with E-state index in [-0.39, 0.29) is 10.9 Å². The summed E-state index contributed by atoms with van der Waals surface area (Å²) in [6.45, 7) is 2.90. The standard InChI is InChI=1S/C13H18BrNO2/c1-3-17-13(16)15(2)10-9-12(14)11-7-5-4-6-8-11/h4-8,12H,3,9-10H2,1-2H3. The third-order valence-electron chi connectivity index (χ3n) is 2.46. The number of amides is 1. The van der Waals surface area contributed by atoms with Gasteiger partial charge in [-0.15, -0.1) is 0 Å². The molecule has 1 aromatic carbocycles. The van der Waals surface area contributed by atoms with E-state index in [0.717, 1.165) is 6.42 Å². The van der Waals surface area contributed by atoms with Crippen molar-refractivity contribution in [1.82, 2.24) is 4.90 Å². The third kappa shape index (κ3) is 4.77. The lowest BCUT2D eigenvalue weighted by Gasteiger charge is -2.18. The van der Waals surface area contributed by atoms with Gasteiger partial charge in [-0.3, -0.25) is 0 Å². The summed E-state index contributed by atoms with van der Waals surface area (Å²) >= 11 is 3.62. The Bertz CT molecular complexity index is 343. The SMILES string of the molecule is CCOC(=O)N(C)CCC(Br)c1ccccc1. The monoisotopic (exact) mass is 299 g/mol. The molecule has 17 heavy (non-hydrogen) atoms. The van der Waals surface area contributed by atoms with Crippen LogP contribution in [0.3, 0.4) is 0 Å². The zero-order valence-corrected chi connectivity index (χ0v) is 11.8. The van der Waals surface area contributed by atoms with Crippen molar-refractivity contribution >= 4 is 22.0 Å². The van der Waals surface area contributed by atoms with Crippen LogP contribution in [0.15, 0.2) is 30.3 Å². The highest BCUT2D eigenvalue weighted by atomic mass is 79.9. The summed E-state index contributed by atoms with van der Waals surface area (Å²) in [6.07, 6.45) is 0.597. The lowest BCUT2D eigenvalue weighted by molar-refractivity contribution is 0.116. The van der Waals surface area contributed by atoms with Crippen molar-refractivity contribution in [2.24, 2.45) is 0 Å². The molecule has 0 saturated heterocycles. The smallest absolute Gasteiger partial charge is 0.409 e. The van der Waals surface area contributed by atoms with E-state index < -0.39 is 0 Å². The van der Waals surface area contributed by atoms with Crippen LogP contribution in [0.1, 0.15) is 23.7 Å². The molecule has 4 heteroatoms. The minimum atomic E-state index is -0.264. The summed E-state index contributed by atoms with van der Waals surface area (Å²) < 4.78 is 4.91. The van der Waals surface area contributed by atoms with Gasteiger partial charge in [-0.2, -0.15) is 0 Å². The summed E-state index contributed by atoms with van der Waals surface area (Å²) in [5.74, 6) is 0. The minimum absolute atomic E-state index is 0.264. The van der Waals surface area contributed by atoms with Gasteiger partial charge in [0.15, 0.2) is 0 Å². The zero-order chi connectivity index (χ0) is 12.7. The number of hydrogen-bond donors (Lipinski definition) is 0. The van der Waals surface area contributed by atoms with E-state index in [1.807, 2.05) is 25.1 Å². The van der Waals surface area contributed by atoms with Crippen molar-refractivity contribution < 1.29 is 9.53 Å². The van der Waals surface area contributed by atoms with Crippen molar-refractivity contribution in [3.05, 3.63) is 35.9 Å². The first kappa shape index (κ1) is 14.0. The number of ether oxygens (including phenoxy) is 1. The van der Waals surface area contributed by atoms with E-state index in [2.05, 4.69) is 28.1 Å². The zero-order valence-electron chi connectivity index (χ0n) is 10.2. The Morgan fingerprint density at radius 1 is 1.41 bits per heavy atom. The Balaban J connectivity index is 2.38. The molecule has 0 saturated carbocycles. The van der Waals surface area contributed by atoms with E-state index in [1.54, 1.807) is 11.9 Å². The van der Waals surface area contributed by atoms with Gasteiger partial charge in [0.1, 0.15) is 0 Å². The number of alkyl halides is 1. The molecule has 0 N–H and O–H groups in total. The summed E-state index contributed by atoms with van der Waals surface area (Å²) in [7, 11) is 1.75. The highest BCUT2D eigenvalue weighted by Gasteiger charge is 2.12. The van der Waals surface area contributed by atoms with Gasteiger partial charge in [0.25, 0.3) is 0 Å². The van der Waals surface area contributed by atoms with Crippen molar-refractivity contribution in [3.8, 4) is 0 Å². The average Bonchev–Trinajstić information content (AvgIpc) is 2.36. The first-order valence-corrected chi connectivity index (χ1v) is 6.63. The second-order valence-electron chi connectivity index (χ2n) is 3.79. The molecule has 0 heterocycles. The molecule has 94 valence electrons. The Morgan fingerprint density at radius 3 is 2.65 bits per heavy atom. The van der Waals surface area contributed by atoms with Crippen LogP contribution in [0.5, 0.6) is 0 Å². The number of halogens is 1.